The van der Waals surface area contributed by atoms with Gasteiger partial charge in [0.25, 0.3) is 5.91 Å². The van der Waals surface area contributed by atoms with E-state index < -0.39 is 0 Å². The zero-order valence-electron chi connectivity index (χ0n) is 26.9. The highest BCUT2D eigenvalue weighted by molar-refractivity contribution is 7.09. The summed E-state index contributed by atoms with van der Waals surface area (Å²) in [4.78, 5) is 32.0. The molecular weight excluding hydrogens is 542 g/mol. The minimum atomic E-state index is -0.0255. The van der Waals surface area contributed by atoms with Crippen molar-refractivity contribution in [3.63, 3.8) is 0 Å². The summed E-state index contributed by atoms with van der Waals surface area (Å²) >= 11 is 1.76. The van der Waals surface area contributed by atoms with Crippen LogP contribution in [-0.4, -0.2) is 59.0 Å². The van der Waals surface area contributed by atoms with Gasteiger partial charge < -0.3 is 20.1 Å². The second kappa shape index (κ2) is 16.8. The number of nitrogens with one attached hydrogen (secondary N) is 2. The van der Waals surface area contributed by atoms with E-state index in [9.17, 15) is 9.59 Å². The lowest BCUT2D eigenvalue weighted by atomic mass is 9.89. The molecule has 2 N–H and O–H groups in total. The maximum Gasteiger partial charge on any atom is 0.251 e. The van der Waals surface area contributed by atoms with Crippen LogP contribution in [0.5, 0.6) is 0 Å². The van der Waals surface area contributed by atoms with Gasteiger partial charge in [-0.2, -0.15) is 0 Å². The number of carbonyl (C=O) groups is 2. The molecule has 2 unspecified atom stereocenters. The Hall–Kier alpha value is -2.71. The predicted molar refractivity (Wildman–Crippen MR) is 176 cm³/mol. The van der Waals surface area contributed by atoms with E-state index in [4.69, 9.17) is 4.98 Å². The van der Waals surface area contributed by atoms with Crippen LogP contribution >= 0.6 is 11.3 Å². The van der Waals surface area contributed by atoms with Gasteiger partial charge in [-0.1, -0.05) is 53.5 Å². The van der Waals surface area contributed by atoms with Gasteiger partial charge in [-0.3, -0.25) is 9.59 Å². The van der Waals surface area contributed by atoms with E-state index >= 15 is 0 Å². The van der Waals surface area contributed by atoms with Gasteiger partial charge in [0.15, 0.2) is 0 Å². The van der Waals surface area contributed by atoms with Crippen LogP contribution in [0.4, 0.5) is 0 Å². The molecule has 3 heterocycles. The van der Waals surface area contributed by atoms with Crippen LogP contribution < -0.4 is 10.6 Å². The molecule has 7 nitrogen and oxygen atoms in total. The van der Waals surface area contributed by atoms with Gasteiger partial charge in [0.2, 0.25) is 5.91 Å². The van der Waals surface area contributed by atoms with E-state index in [1.165, 1.54) is 30.7 Å². The third-order valence-corrected chi connectivity index (χ3v) is 9.30. The quantitative estimate of drug-likeness (QED) is 0.235. The zero-order valence-corrected chi connectivity index (χ0v) is 27.7. The predicted octanol–water partition coefficient (Wildman–Crippen LogP) is 7.07. The van der Waals surface area contributed by atoms with Gasteiger partial charge >= 0.3 is 0 Å². The van der Waals surface area contributed by atoms with Crippen molar-refractivity contribution in [2.45, 2.75) is 98.6 Å². The number of thiophene rings is 1. The molecule has 1 saturated heterocycles. The molecule has 1 aliphatic heterocycles. The highest BCUT2D eigenvalue weighted by Gasteiger charge is 2.26. The molecule has 2 atom stereocenters. The van der Waals surface area contributed by atoms with Crippen LogP contribution in [0.15, 0.2) is 35.7 Å². The Balaban J connectivity index is 0.000000274. The molecule has 0 radical (unpaired) electrons. The number of benzene rings is 1. The molecule has 0 aliphatic carbocycles. The number of carbonyl (C=O) groups excluding carboxylic acids is 2. The van der Waals surface area contributed by atoms with E-state index in [-0.39, 0.29) is 11.8 Å². The number of piperidine rings is 1. The summed E-state index contributed by atoms with van der Waals surface area (Å²) < 4.78 is 2.38. The Kier molecular flexibility index (Phi) is 13.5. The van der Waals surface area contributed by atoms with E-state index in [2.05, 4.69) is 85.3 Å². The Morgan fingerprint density at radius 2 is 1.81 bits per heavy atom. The second-order valence-electron chi connectivity index (χ2n) is 12.1. The number of rotatable bonds is 12. The number of imidazole rings is 1. The van der Waals surface area contributed by atoms with Crippen molar-refractivity contribution in [2.24, 2.45) is 11.8 Å². The maximum absolute atomic E-state index is 12.4. The molecule has 4 rings (SSSR count). The van der Waals surface area contributed by atoms with Crippen molar-refractivity contribution in [1.82, 2.24) is 25.1 Å². The van der Waals surface area contributed by atoms with Crippen LogP contribution in [0.2, 0.25) is 0 Å². The molecule has 2 amide bonds. The smallest absolute Gasteiger partial charge is 0.251 e. The molecule has 3 aromatic rings. The summed E-state index contributed by atoms with van der Waals surface area (Å²) in [6, 6.07) is 11.2. The summed E-state index contributed by atoms with van der Waals surface area (Å²) in [5.74, 6) is 2.19. The number of likely N-dealkylation sites (tertiary alicyclic amines) is 1. The van der Waals surface area contributed by atoms with E-state index in [1.54, 1.807) is 18.3 Å². The summed E-state index contributed by atoms with van der Waals surface area (Å²) in [6.07, 6.45) is 8.06. The SMILES string of the molecule is CCC(CC)n1c(Cc2cccs2)nc2cc(C(=O)NCC(C)C)ccc21.CCC(CNC(C)=O)C1CCCCN1C. The maximum atomic E-state index is 12.4. The van der Waals surface area contributed by atoms with Crippen molar-refractivity contribution >= 4 is 34.2 Å². The number of fused-ring (bicyclic) bond motifs is 1. The third-order valence-electron chi connectivity index (χ3n) is 8.42. The third kappa shape index (κ3) is 9.40. The zero-order chi connectivity index (χ0) is 30.6. The van der Waals surface area contributed by atoms with Crippen LogP contribution in [0.3, 0.4) is 0 Å². The molecule has 0 spiro atoms. The van der Waals surface area contributed by atoms with E-state index in [1.807, 2.05) is 12.1 Å². The second-order valence-corrected chi connectivity index (χ2v) is 13.1. The Morgan fingerprint density at radius 1 is 1.05 bits per heavy atom. The van der Waals surface area contributed by atoms with Crippen molar-refractivity contribution in [2.75, 3.05) is 26.7 Å². The van der Waals surface area contributed by atoms with Crippen LogP contribution in [0.1, 0.15) is 107 Å². The van der Waals surface area contributed by atoms with Crippen LogP contribution in [0, 0.1) is 11.8 Å². The largest absolute Gasteiger partial charge is 0.356 e. The van der Waals surface area contributed by atoms with Gasteiger partial charge in [-0.05, 0) is 80.8 Å². The van der Waals surface area contributed by atoms with Crippen LogP contribution in [-0.2, 0) is 11.2 Å². The number of nitrogens with zero attached hydrogens (tertiary/aromatic N) is 3. The highest BCUT2D eigenvalue weighted by Crippen LogP contribution is 2.28. The Labute approximate surface area is 257 Å². The van der Waals surface area contributed by atoms with Crippen molar-refractivity contribution in [1.29, 1.82) is 0 Å². The lowest BCUT2D eigenvalue weighted by Gasteiger charge is -2.37. The summed E-state index contributed by atoms with van der Waals surface area (Å²) in [5.41, 5.74) is 2.71. The first-order valence-electron chi connectivity index (χ1n) is 15.9. The molecule has 1 aromatic carbocycles. The molecule has 42 heavy (non-hydrogen) atoms. The number of hydrogen-bond donors (Lipinski definition) is 2. The molecule has 0 saturated carbocycles. The standard InChI is InChI=1S/C22H29N3OS.C12H24N2O/c1-5-17(6-2)25-20-10-9-16(22(26)23-14-15(3)4)12-19(20)24-21(25)13-18-8-7-11-27-18;1-4-11(9-13-10(2)15)12-7-5-6-8-14(12)3/h7-12,15,17H,5-6,13-14H2,1-4H3,(H,23,26);11-12H,4-9H2,1-3H3,(H,13,15). The van der Waals surface area contributed by atoms with Crippen molar-refractivity contribution in [3.8, 4) is 0 Å². The van der Waals surface area contributed by atoms with Crippen molar-refractivity contribution in [3.05, 3.63) is 52.0 Å². The van der Waals surface area contributed by atoms with Crippen molar-refractivity contribution < 1.29 is 9.59 Å². The minimum Gasteiger partial charge on any atom is -0.356 e. The Bertz CT molecular complexity index is 1250. The summed E-state index contributed by atoms with van der Waals surface area (Å²) in [7, 11) is 2.21. The summed E-state index contributed by atoms with van der Waals surface area (Å²) in [5, 5.41) is 8.05. The average molecular weight is 596 g/mol. The normalized spacial score (nSPS) is 16.4. The highest BCUT2D eigenvalue weighted by atomic mass is 32.1. The van der Waals surface area contributed by atoms with Gasteiger partial charge in [-0.15, -0.1) is 11.3 Å². The monoisotopic (exact) mass is 595 g/mol. The molecule has 2 aromatic heterocycles. The first-order chi connectivity index (χ1) is 20.2. The number of hydrogen-bond acceptors (Lipinski definition) is 5. The fourth-order valence-electron chi connectivity index (χ4n) is 5.97. The molecule has 1 aliphatic rings. The fraction of sp³-hybridized carbons (Fsp3) is 0.618. The number of amides is 2. The molecule has 8 heteroatoms. The Morgan fingerprint density at radius 3 is 2.40 bits per heavy atom. The van der Waals surface area contributed by atoms with Gasteiger partial charge in [0, 0.05) is 49.0 Å². The average Bonchev–Trinajstić information content (AvgIpc) is 3.61. The number of aromatic nitrogens is 2. The molecular formula is C34H53N5O2S. The molecule has 0 bridgehead atoms. The minimum absolute atomic E-state index is 0.0255. The first kappa shape index (κ1) is 33.8. The van der Waals surface area contributed by atoms with E-state index in [0.717, 1.165) is 49.1 Å². The van der Waals surface area contributed by atoms with Crippen LogP contribution in [0.25, 0.3) is 11.0 Å². The van der Waals surface area contributed by atoms with Gasteiger partial charge in [0.1, 0.15) is 5.82 Å². The van der Waals surface area contributed by atoms with Gasteiger partial charge in [-0.25, -0.2) is 4.98 Å². The molecule has 232 valence electrons. The van der Waals surface area contributed by atoms with Gasteiger partial charge in [0.05, 0.1) is 11.0 Å². The first-order valence-corrected chi connectivity index (χ1v) is 16.8. The topological polar surface area (TPSA) is 79.3 Å². The summed E-state index contributed by atoms with van der Waals surface area (Å²) in [6.45, 7) is 15.2. The lowest BCUT2D eigenvalue weighted by Crippen LogP contribution is -2.45. The van der Waals surface area contributed by atoms with E-state index in [0.29, 0.717) is 36.0 Å². The lowest BCUT2D eigenvalue weighted by molar-refractivity contribution is -0.119. The molecule has 1 fully saturated rings. The fourth-order valence-corrected chi connectivity index (χ4v) is 6.67.